The van der Waals surface area contributed by atoms with Crippen LogP contribution in [0.25, 0.3) is 0 Å². The van der Waals surface area contributed by atoms with Crippen molar-refractivity contribution in [2.45, 2.75) is 45.2 Å². The summed E-state index contributed by atoms with van der Waals surface area (Å²) in [7, 11) is 1.46. The fraction of sp³-hybridized carbons (Fsp3) is 0.588. The second-order valence-electron chi connectivity index (χ2n) is 5.76. The number of hydrogen-bond acceptors (Lipinski definition) is 3. The van der Waals surface area contributed by atoms with E-state index in [2.05, 4.69) is 12.2 Å². The quantitative estimate of drug-likeness (QED) is 0.847. The molecule has 2 rings (SSSR count). The molecule has 0 heterocycles. The van der Waals surface area contributed by atoms with E-state index in [0.717, 1.165) is 31.2 Å². The number of carbonyl (C=O) groups is 1. The molecule has 1 fully saturated rings. The lowest BCUT2D eigenvalue weighted by Crippen LogP contribution is -2.46. The Labute approximate surface area is 125 Å². The van der Waals surface area contributed by atoms with Crippen molar-refractivity contribution in [3.8, 4) is 0 Å². The van der Waals surface area contributed by atoms with E-state index in [1.54, 1.807) is 12.1 Å². The van der Waals surface area contributed by atoms with Gasteiger partial charge in [-0.3, -0.25) is 4.79 Å². The van der Waals surface area contributed by atoms with E-state index in [4.69, 9.17) is 4.74 Å². The zero-order valence-electron chi connectivity index (χ0n) is 12.8. The normalized spacial score (nSPS) is 25.6. The first-order valence-corrected chi connectivity index (χ1v) is 7.71. The summed E-state index contributed by atoms with van der Waals surface area (Å²) < 4.78 is 17.9. The van der Waals surface area contributed by atoms with Gasteiger partial charge >= 0.3 is 5.97 Å². The second kappa shape index (κ2) is 7.55. The third-order valence-corrected chi connectivity index (χ3v) is 4.51. The van der Waals surface area contributed by atoms with Gasteiger partial charge in [0.2, 0.25) is 0 Å². The number of nitrogens with one attached hydrogen (secondary N) is 1. The van der Waals surface area contributed by atoms with Crippen molar-refractivity contribution in [3.05, 3.63) is 35.6 Å². The molecule has 1 aliphatic rings. The van der Waals surface area contributed by atoms with Crippen molar-refractivity contribution in [2.75, 3.05) is 7.11 Å². The van der Waals surface area contributed by atoms with Crippen molar-refractivity contribution in [1.82, 2.24) is 5.32 Å². The lowest BCUT2D eigenvalue weighted by atomic mass is 9.74. The van der Waals surface area contributed by atoms with Crippen molar-refractivity contribution in [2.24, 2.45) is 11.8 Å². The molecule has 1 aliphatic carbocycles. The molecule has 1 aromatic carbocycles. The Morgan fingerprint density at radius 2 is 2.05 bits per heavy atom. The number of benzene rings is 1. The van der Waals surface area contributed by atoms with Gasteiger partial charge in [0.15, 0.2) is 0 Å². The van der Waals surface area contributed by atoms with Crippen LogP contribution in [0, 0.1) is 17.7 Å². The maximum absolute atomic E-state index is 12.9. The summed E-state index contributed by atoms with van der Waals surface area (Å²) in [5.41, 5.74) is 1.03. The maximum atomic E-state index is 12.9. The van der Waals surface area contributed by atoms with Gasteiger partial charge in [-0.1, -0.05) is 31.9 Å². The van der Waals surface area contributed by atoms with Crippen LogP contribution in [-0.2, 0) is 16.1 Å². The SMILES string of the molecule is CCC1CCC[C@H](NCc2ccc(F)cc2)[C@@H]1C(=O)OC. The molecule has 116 valence electrons. The van der Waals surface area contributed by atoms with Crippen LogP contribution in [-0.4, -0.2) is 19.1 Å². The Kier molecular flexibility index (Phi) is 5.74. The van der Waals surface area contributed by atoms with Gasteiger partial charge in [-0.15, -0.1) is 0 Å². The van der Waals surface area contributed by atoms with E-state index in [-0.39, 0.29) is 23.7 Å². The topological polar surface area (TPSA) is 38.3 Å². The molecule has 0 spiro atoms. The van der Waals surface area contributed by atoms with Crippen molar-refractivity contribution in [3.63, 3.8) is 0 Å². The van der Waals surface area contributed by atoms with Crippen LogP contribution in [0.15, 0.2) is 24.3 Å². The van der Waals surface area contributed by atoms with Gasteiger partial charge < -0.3 is 10.1 Å². The van der Waals surface area contributed by atoms with Gasteiger partial charge in [-0.05, 0) is 36.5 Å². The first-order chi connectivity index (χ1) is 10.2. The molecule has 1 saturated carbocycles. The van der Waals surface area contributed by atoms with Crippen LogP contribution in [0.2, 0.25) is 0 Å². The highest BCUT2D eigenvalue weighted by Gasteiger charge is 2.37. The molecular formula is C17H24FNO2. The Morgan fingerprint density at radius 3 is 2.67 bits per heavy atom. The first kappa shape index (κ1) is 16.0. The molecule has 21 heavy (non-hydrogen) atoms. The van der Waals surface area contributed by atoms with Gasteiger partial charge in [0.05, 0.1) is 13.0 Å². The van der Waals surface area contributed by atoms with Crippen LogP contribution < -0.4 is 5.32 Å². The van der Waals surface area contributed by atoms with E-state index in [0.29, 0.717) is 12.5 Å². The standard InChI is InChI=1S/C17H24FNO2/c1-3-13-5-4-6-15(16(13)17(20)21-2)19-11-12-7-9-14(18)10-8-12/h7-10,13,15-16,19H,3-6,11H2,1-2H3/t13?,15-,16+/m0/s1. The number of methoxy groups -OCH3 is 1. The Balaban J connectivity index is 2.01. The van der Waals surface area contributed by atoms with Crippen LogP contribution in [0.4, 0.5) is 4.39 Å². The summed E-state index contributed by atoms with van der Waals surface area (Å²) in [6, 6.07) is 6.61. The molecule has 1 N–H and O–H groups in total. The minimum atomic E-state index is -0.227. The van der Waals surface area contributed by atoms with Crippen LogP contribution in [0.3, 0.4) is 0 Å². The maximum Gasteiger partial charge on any atom is 0.310 e. The van der Waals surface area contributed by atoms with Crippen LogP contribution in [0.1, 0.15) is 38.2 Å². The molecule has 0 amide bonds. The number of halogens is 1. The molecular weight excluding hydrogens is 269 g/mol. The summed E-state index contributed by atoms with van der Waals surface area (Å²) in [4.78, 5) is 12.1. The highest BCUT2D eigenvalue weighted by Crippen LogP contribution is 2.33. The van der Waals surface area contributed by atoms with Crippen LogP contribution >= 0.6 is 0 Å². The number of ether oxygens (including phenoxy) is 1. The zero-order valence-corrected chi connectivity index (χ0v) is 12.8. The van der Waals surface area contributed by atoms with Crippen molar-refractivity contribution < 1.29 is 13.9 Å². The lowest BCUT2D eigenvalue weighted by molar-refractivity contribution is -0.150. The fourth-order valence-corrected chi connectivity index (χ4v) is 3.32. The number of hydrogen-bond donors (Lipinski definition) is 1. The molecule has 0 saturated heterocycles. The van der Waals surface area contributed by atoms with E-state index in [1.807, 2.05) is 0 Å². The summed E-state index contributed by atoms with van der Waals surface area (Å²) in [6.45, 7) is 2.78. The number of carbonyl (C=O) groups excluding carboxylic acids is 1. The molecule has 0 bridgehead atoms. The van der Waals surface area contributed by atoms with Crippen molar-refractivity contribution >= 4 is 5.97 Å². The lowest BCUT2D eigenvalue weighted by Gasteiger charge is -2.36. The van der Waals surface area contributed by atoms with E-state index in [9.17, 15) is 9.18 Å². The molecule has 1 aromatic rings. The summed E-state index contributed by atoms with van der Waals surface area (Å²) in [5, 5.41) is 3.46. The van der Waals surface area contributed by atoms with E-state index >= 15 is 0 Å². The van der Waals surface area contributed by atoms with Crippen molar-refractivity contribution in [1.29, 1.82) is 0 Å². The van der Waals surface area contributed by atoms with Gasteiger partial charge in [0.1, 0.15) is 5.82 Å². The van der Waals surface area contributed by atoms with E-state index in [1.165, 1.54) is 19.2 Å². The first-order valence-electron chi connectivity index (χ1n) is 7.71. The minimum Gasteiger partial charge on any atom is -0.469 e. The van der Waals surface area contributed by atoms with Gasteiger partial charge in [0.25, 0.3) is 0 Å². The third kappa shape index (κ3) is 4.03. The van der Waals surface area contributed by atoms with Gasteiger partial charge in [0, 0.05) is 12.6 Å². The minimum absolute atomic E-state index is 0.0748. The molecule has 4 heteroatoms. The average Bonchev–Trinajstić information content (AvgIpc) is 2.53. The molecule has 0 radical (unpaired) electrons. The van der Waals surface area contributed by atoms with Gasteiger partial charge in [-0.2, -0.15) is 0 Å². The third-order valence-electron chi connectivity index (χ3n) is 4.51. The highest BCUT2D eigenvalue weighted by atomic mass is 19.1. The molecule has 1 unspecified atom stereocenters. The fourth-order valence-electron chi connectivity index (χ4n) is 3.32. The summed E-state index contributed by atoms with van der Waals surface area (Å²) in [5.74, 6) is -0.0285. The van der Waals surface area contributed by atoms with Gasteiger partial charge in [-0.25, -0.2) is 4.39 Å². The summed E-state index contributed by atoms with van der Waals surface area (Å²) >= 11 is 0. The Bertz CT molecular complexity index is 460. The highest BCUT2D eigenvalue weighted by molar-refractivity contribution is 5.73. The zero-order chi connectivity index (χ0) is 15.2. The predicted octanol–water partition coefficient (Wildman–Crippen LogP) is 3.28. The second-order valence-corrected chi connectivity index (χ2v) is 5.76. The molecule has 0 aliphatic heterocycles. The monoisotopic (exact) mass is 293 g/mol. The Morgan fingerprint density at radius 1 is 1.33 bits per heavy atom. The average molecular weight is 293 g/mol. The van der Waals surface area contributed by atoms with E-state index < -0.39 is 0 Å². The largest absolute Gasteiger partial charge is 0.469 e. The summed E-state index contributed by atoms with van der Waals surface area (Å²) in [6.07, 6.45) is 4.20. The molecule has 3 atom stereocenters. The number of rotatable bonds is 5. The molecule has 3 nitrogen and oxygen atoms in total. The smallest absolute Gasteiger partial charge is 0.310 e. The molecule has 0 aromatic heterocycles. The number of esters is 1. The Hall–Kier alpha value is -1.42. The van der Waals surface area contributed by atoms with Crippen LogP contribution in [0.5, 0.6) is 0 Å². The predicted molar refractivity (Wildman–Crippen MR) is 80.2 cm³/mol.